The summed E-state index contributed by atoms with van der Waals surface area (Å²) in [5.41, 5.74) is 1.77. The van der Waals surface area contributed by atoms with E-state index >= 15 is 0 Å². The van der Waals surface area contributed by atoms with Crippen molar-refractivity contribution < 1.29 is 13.9 Å². The Kier molecular flexibility index (Phi) is 11.2. The zero-order valence-corrected chi connectivity index (χ0v) is 20.2. The maximum absolute atomic E-state index is 12.9. The third kappa shape index (κ3) is 8.17. The first kappa shape index (κ1) is 25.7. The van der Waals surface area contributed by atoms with E-state index in [1.165, 1.54) is 12.1 Å². The Bertz CT molecular complexity index is 828. The Hall–Kier alpha value is -2.36. The standard InChI is InChI=1S/C22H29FN4O2.HI/c1-24-22(27(4)14-15-29-20-10-8-19(23)9-11-20)25-13-12-17-6-5-7-18(16-17)21(28)26(2)3;/h5-11,16H,12-15H2,1-4H3,(H,24,25);1H. The number of amides is 1. The number of hydrogen-bond acceptors (Lipinski definition) is 3. The van der Waals surface area contributed by atoms with Gasteiger partial charge in [-0.25, -0.2) is 4.39 Å². The highest BCUT2D eigenvalue weighted by Crippen LogP contribution is 2.11. The highest BCUT2D eigenvalue weighted by molar-refractivity contribution is 14.0. The van der Waals surface area contributed by atoms with E-state index in [9.17, 15) is 9.18 Å². The van der Waals surface area contributed by atoms with Crippen LogP contribution in [0.3, 0.4) is 0 Å². The lowest BCUT2D eigenvalue weighted by Gasteiger charge is -2.22. The average Bonchev–Trinajstić information content (AvgIpc) is 2.72. The van der Waals surface area contributed by atoms with Crippen LogP contribution < -0.4 is 10.1 Å². The van der Waals surface area contributed by atoms with Crippen LogP contribution in [0.1, 0.15) is 15.9 Å². The smallest absolute Gasteiger partial charge is 0.253 e. The number of aliphatic imine (C=N–C) groups is 1. The third-order valence-corrected chi connectivity index (χ3v) is 4.36. The number of halogens is 2. The molecule has 0 aliphatic rings. The van der Waals surface area contributed by atoms with E-state index in [-0.39, 0.29) is 35.7 Å². The average molecular weight is 528 g/mol. The number of ether oxygens (including phenoxy) is 1. The van der Waals surface area contributed by atoms with Crippen LogP contribution in [-0.4, -0.2) is 69.6 Å². The van der Waals surface area contributed by atoms with Gasteiger partial charge in [0.1, 0.15) is 18.2 Å². The van der Waals surface area contributed by atoms with Gasteiger partial charge in [-0.3, -0.25) is 9.79 Å². The minimum absolute atomic E-state index is 0. The summed E-state index contributed by atoms with van der Waals surface area (Å²) < 4.78 is 18.5. The number of carbonyl (C=O) groups is 1. The van der Waals surface area contributed by atoms with Gasteiger partial charge in [0.15, 0.2) is 5.96 Å². The van der Waals surface area contributed by atoms with Crippen LogP contribution in [0.25, 0.3) is 0 Å². The summed E-state index contributed by atoms with van der Waals surface area (Å²) in [5, 5.41) is 3.32. The third-order valence-electron chi connectivity index (χ3n) is 4.36. The molecule has 2 rings (SSSR count). The highest BCUT2D eigenvalue weighted by Gasteiger charge is 2.09. The molecule has 30 heavy (non-hydrogen) atoms. The maximum atomic E-state index is 12.9. The fourth-order valence-corrected chi connectivity index (χ4v) is 2.76. The summed E-state index contributed by atoms with van der Waals surface area (Å²) >= 11 is 0. The van der Waals surface area contributed by atoms with Gasteiger partial charge in [-0.1, -0.05) is 12.1 Å². The molecule has 0 aliphatic carbocycles. The number of hydrogen-bond donors (Lipinski definition) is 1. The van der Waals surface area contributed by atoms with Crippen molar-refractivity contribution in [3.05, 3.63) is 65.5 Å². The van der Waals surface area contributed by atoms with Crippen molar-refractivity contribution in [3.8, 4) is 5.75 Å². The number of nitrogens with zero attached hydrogens (tertiary/aromatic N) is 3. The topological polar surface area (TPSA) is 57.2 Å². The summed E-state index contributed by atoms with van der Waals surface area (Å²) in [6.45, 7) is 1.77. The molecule has 6 nitrogen and oxygen atoms in total. The lowest BCUT2D eigenvalue weighted by Crippen LogP contribution is -2.41. The molecule has 0 aromatic heterocycles. The molecule has 0 spiro atoms. The Morgan fingerprint density at radius 1 is 1.13 bits per heavy atom. The zero-order chi connectivity index (χ0) is 21.2. The number of carbonyl (C=O) groups excluding carboxylic acids is 1. The summed E-state index contributed by atoms with van der Waals surface area (Å²) in [7, 11) is 7.15. The Balaban J connectivity index is 0.00000450. The molecule has 0 aliphatic heterocycles. The normalized spacial score (nSPS) is 10.8. The molecule has 0 radical (unpaired) electrons. The summed E-state index contributed by atoms with van der Waals surface area (Å²) in [6.07, 6.45) is 0.771. The molecule has 0 atom stereocenters. The lowest BCUT2D eigenvalue weighted by atomic mass is 10.1. The van der Waals surface area contributed by atoms with Gasteiger partial charge in [-0.15, -0.1) is 24.0 Å². The summed E-state index contributed by atoms with van der Waals surface area (Å²) in [5.74, 6) is 1.11. The molecule has 1 N–H and O–H groups in total. The number of benzene rings is 2. The number of nitrogens with one attached hydrogen (secondary N) is 1. The van der Waals surface area contributed by atoms with E-state index in [2.05, 4.69) is 10.3 Å². The van der Waals surface area contributed by atoms with Crippen molar-refractivity contribution in [3.63, 3.8) is 0 Å². The Labute approximate surface area is 195 Å². The van der Waals surface area contributed by atoms with Crippen LogP contribution in [0.4, 0.5) is 4.39 Å². The molecule has 0 heterocycles. The van der Waals surface area contributed by atoms with Gasteiger partial charge in [0, 0.05) is 40.3 Å². The van der Waals surface area contributed by atoms with Crippen molar-refractivity contribution in [2.24, 2.45) is 4.99 Å². The fraction of sp³-hybridized carbons (Fsp3) is 0.364. The molecule has 164 valence electrons. The van der Waals surface area contributed by atoms with Crippen molar-refractivity contribution in [1.82, 2.24) is 15.1 Å². The molecular weight excluding hydrogens is 498 g/mol. The lowest BCUT2D eigenvalue weighted by molar-refractivity contribution is 0.0827. The van der Waals surface area contributed by atoms with E-state index in [1.54, 1.807) is 38.2 Å². The van der Waals surface area contributed by atoms with Crippen LogP contribution in [0.15, 0.2) is 53.5 Å². The van der Waals surface area contributed by atoms with E-state index in [0.717, 1.165) is 17.9 Å². The van der Waals surface area contributed by atoms with Crippen molar-refractivity contribution in [2.45, 2.75) is 6.42 Å². The molecule has 0 unspecified atom stereocenters. The summed E-state index contributed by atoms with van der Waals surface area (Å²) in [4.78, 5) is 19.9. The van der Waals surface area contributed by atoms with E-state index in [4.69, 9.17) is 4.74 Å². The molecule has 0 saturated heterocycles. The summed E-state index contributed by atoms with van der Waals surface area (Å²) in [6, 6.07) is 13.6. The molecule has 2 aromatic rings. The molecule has 0 saturated carbocycles. The highest BCUT2D eigenvalue weighted by atomic mass is 127. The van der Waals surface area contributed by atoms with Crippen LogP contribution in [0.5, 0.6) is 5.75 Å². The number of likely N-dealkylation sites (N-methyl/N-ethyl adjacent to an activating group) is 1. The Morgan fingerprint density at radius 2 is 1.83 bits per heavy atom. The Morgan fingerprint density at radius 3 is 2.47 bits per heavy atom. The second-order valence-electron chi connectivity index (χ2n) is 6.85. The minimum atomic E-state index is -0.282. The van der Waals surface area contributed by atoms with Crippen LogP contribution in [0, 0.1) is 5.82 Å². The SMILES string of the molecule is CN=C(NCCc1cccc(C(=O)N(C)C)c1)N(C)CCOc1ccc(F)cc1.I. The molecule has 8 heteroatoms. The predicted octanol–water partition coefficient (Wildman–Crippen LogP) is 3.27. The monoisotopic (exact) mass is 528 g/mol. The van der Waals surface area contributed by atoms with Gasteiger partial charge in [0.2, 0.25) is 0 Å². The quantitative estimate of drug-likeness (QED) is 0.325. The molecular formula is C22H30FIN4O2. The molecule has 0 bridgehead atoms. The first-order chi connectivity index (χ1) is 13.9. The first-order valence-electron chi connectivity index (χ1n) is 9.51. The minimum Gasteiger partial charge on any atom is -0.492 e. The molecule has 1 amide bonds. The van der Waals surface area contributed by atoms with E-state index < -0.39 is 0 Å². The van der Waals surface area contributed by atoms with Crippen molar-refractivity contribution in [1.29, 1.82) is 0 Å². The zero-order valence-electron chi connectivity index (χ0n) is 17.9. The van der Waals surface area contributed by atoms with Gasteiger partial charge in [-0.2, -0.15) is 0 Å². The maximum Gasteiger partial charge on any atom is 0.253 e. The van der Waals surface area contributed by atoms with Crippen molar-refractivity contribution in [2.75, 3.05) is 47.9 Å². The fourth-order valence-electron chi connectivity index (χ4n) is 2.76. The van der Waals surface area contributed by atoms with Gasteiger partial charge < -0.3 is 19.9 Å². The van der Waals surface area contributed by atoms with Gasteiger partial charge in [0.25, 0.3) is 5.91 Å². The number of rotatable bonds is 8. The second-order valence-corrected chi connectivity index (χ2v) is 6.85. The second kappa shape index (κ2) is 13.0. The van der Waals surface area contributed by atoms with Crippen LogP contribution >= 0.6 is 24.0 Å². The molecule has 0 fully saturated rings. The molecule has 2 aromatic carbocycles. The van der Waals surface area contributed by atoms with Crippen LogP contribution in [0.2, 0.25) is 0 Å². The van der Waals surface area contributed by atoms with Crippen molar-refractivity contribution >= 4 is 35.8 Å². The van der Waals surface area contributed by atoms with Crippen LogP contribution in [-0.2, 0) is 6.42 Å². The largest absolute Gasteiger partial charge is 0.492 e. The van der Waals surface area contributed by atoms with Gasteiger partial charge in [0.05, 0.1) is 6.54 Å². The van der Waals surface area contributed by atoms with E-state index in [0.29, 0.717) is 31.0 Å². The van der Waals surface area contributed by atoms with E-state index in [1.807, 2.05) is 36.2 Å². The first-order valence-corrected chi connectivity index (χ1v) is 9.51. The van der Waals surface area contributed by atoms with Gasteiger partial charge in [-0.05, 0) is 48.4 Å². The van der Waals surface area contributed by atoms with Gasteiger partial charge >= 0.3 is 0 Å². The number of guanidine groups is 1. The predicted molar refractivity (Wildman–Crippen MR) is 129 cm³/mol.